The number of ether oxygens (including phenoxy) is 1. The first-order chi connectivity index (χ1) is 13.5. The Morgan fingerprint density at radius 3 is 2.68 bits per heavy atom. The maximum Gasteiger partial charge on any atom is 0.346 e. The Kier molecular flexibility index (Phi) is 4.62. The van der Waals surface area contributed by atoms with E-state index in [-0.39, 0.29) is 22.7 Å². The molecule has 1 N–H and O–H groups in total. The second-order valence-corrected chi connectivity index (χ2v) is 6.69. The molecule has 138 valence electrons. The van der Waals surface area contributed by atoms with Gasteiger partial charge >= 0.3 is 5.97 Å². The predicted molar refractivity (Wildman–Crippen MR) is 105 cm³/mol. The van der Waals surface area contributed by atoms with Crippen molar-refractivity contribution >= 4 is 40.7 Å². The van der Waals surface area contributed by atoms with Crippen molar-refractivity contribution in [2.45, 2.75) is 0 Å². The van der Waals surface area contributed by atoms with Crippen LogP contribution >= 0.6 is 11.8 Å². The zero-order valence-electron chi connectivity index (χ0n) is 14.3. The van der Waals surface area contributed by atoms with Crippen LogP contribution in [0.25, 0.3) is 6.08 Å². The summed E-state index contributed by atoms with van der Waals surface area (Å²) >= 11 is 1.28. The average molecular weight is 393 g/mol. The first-order valence-electron chi connectivity index (χ1n) is 8.16. The van der Waals surface area contributed by atoms with Gasteiger partial charge in [-0.1, -0.05) is 36.0 Å². The zero-order valence-corrected chi connectivity index (χ0v) is 15.1. The highest BCUT2D eigenvalue weighted by atomic mass is 32.2. The Balaban J connectivity index is 1.52. The molecule has 28 heavy (non-hydrogen) atoms. The smallest absolute Gasteiger partial charge is 0.346 e. The SMILES string of the molecule is N=C1/C(=C/c2ccc(OC(=O)c3ccccc3F)cc2)C(=O)N=C2SC=CN12. The summed E-state index contributed by atoms with van der Waals surface area (Å²) in [4.78, 5) is 29.7. The number of aliphatic imine (C=N–C) groups is 1. The summed E-state index contributed by atoms with van der Waals surface area (Å²) in [6.45, 7) is 0. The van der Waals surface area contributed by atoms with Gasteiger partial charge in [0.25, 0.3) is 5.91 Å². The molecule has 0 saturated heterocycles. The van der Waals surface area contributed by atoms with Crippen LogP contribution in [0.2, 0.25) is 0 Å². The fourth-order valence-electron chi connectivity index (χ4n) is 2.62. The lowest BCUT2D eigenvalue weighted by molar-refractivity contribution is -0.114. The van der Waals surface area contributed by atoms with E-state index in [1.807, 2.05) is 0 Å². The number of halogens is 1. The Labute approximate surface area is 163 Å². The second kappa shape index (κ2) is 7.24. The Hall–Kier alpha value is -3.52. The Morgan fingerprint density at radius 2 is 1.93 bits per heavy atom. The molecular formula is C20H12FN3O3S. The van der Waals surface area contributed by atoms with Gasteiger partial charge in [-0.2, -0.15) is 4.99 Å². The van der Waals surface area contributed by atoms with E-state index in [1.165, 1.54) is 47.0 Å². The van der Waals surface area contributed by atoms with E-state index < -0.39 is 17.7 Å². The number of rotatable bonds is 3. The molecule has 0 aromatic heterocycles. The summed E-state index contributed by atoms with van der Waals surface area (Å²) < 4.78 is 18.8. The second-order valence-electron chi connectivity index (χ2n) is 5.82. The number of carbonyl (C=O) groups is 2. The molecule has 2 aliphatic heterocycles. The van der Waals surface area contributed by atoms with Gasteiger partial charge in [-0.05, 0) is 41.3 Å². The maximum absolute atomic E-state index is 13.7. The zero-order chi connectivity index (χ0) is 19.7. The first-order valence-corrected chi connectivity index (χ1v) is 9.04. The van der Waals surface area contributed by atoms with E-state index >= 15 is 0 Å². The van der Waals surface area contributed by atoms with Crippen LogP contribution in [-0.4, -0.2) is 27.8 Å². The molecule has 2 aromatic rings. The largest absolute Gasteiger partial charge is 0.423 e. The highest BCUT2D eigenvalue weighted by Gasteiger charge is 2.30. The highest BCUT2D eigenvalue weighted by molar-refractivity contribution is 8.16. The number of thioether (sulfide) groups is 1. The van der Waals surface area contributed by atoms with Crippen LogP contribution in [0, 0.1) is 11.2 Å². The van der Waals surface area contributed by atoms with Gasteiger partial charge in [-0.25, -0.2) is 9.18 Å². The quantitative estimate of drug-likeness (QED) is 0.487. The normalized spacial score (nSPS) is 17.0. The van der Waals surface area contributed by atoms with E-state index in [4.69, 9.17) is 10.1 Å². The van der Waals surface area contributed by atoms with Gasteiger partial charge in [-0.3, -0.25) is 15.1 Å². The number of esters is 1. The van der Waals surface area contributed by atoms with Gasteiger partial charge in [0.05, 0.1) is 11.1 Å². The third-order valence-corrected chi connectivity index (χ3v) is 4.77. The molecule has 2 aliphatic rings. The number of amidine groups is 2. The summed E-state index contributed by atoms with van der Waals surface area (Å²) in [5.74, 6) is -1.65. The third kappa shape index (κ3) is 3.37. The first kappa shape index (κ1) is 17.9. The number of hydrogen-bond donors (Lipinski definition) is 1. The Bertz CT molecular complexity index is 1090. The number of hydrogen-bond acceptors (Lipinski definition) is 5. The average Bonchev–Trinajstić information content (AvgIpc) is 3.15. The van der Waals surface area contributed by atoms with Crippen molar-refractivity contribution in [2.24, 2.45) is 4.99 Å². The molecule has 0 fully saturated rings. The van der Waals surface area contributed by atoms with Gasteiger partial charge in [0.2, 0.25) is 0 Å². The molecule has 4 rings (SSSR count). The number of amides is 1. The molecule has 2 aromatic carbocycles. The maximum atomic E-state index is 13.7. The van der Waals surface area contributed by atoms with Crippen molar-refractivity contribution in [3.8, 4) is 5.75 Å². The number of benzene rings is 2. The predicted octanol–water partition coefficient (Wildman–Crippen LogP) is 3.82. The summed E-state index contributed by atoms with van der Waals surface area (Å²) in [5.41, 5.74) is 0.639. The van der Waals surface area contributed by atoms with Crippen molar-refractivity contribution in [3.05, 3.63) is 82.7 Å². The van der Waals surface area contributed by atoms with Crippen LogP contribution in [0.3, 0.4) is 0 Å². The van der Waals surface area contributed by atoms with Gasteiger partial charge in [0.15, 0.2) is 5.17 Å². The molecule has 0 bridgehead atoms. The lowest BCUT2D eigenvalue weighted by Gasteiger charge is -2.22. The standard InChI is InChI=1S/C20H12FN3O3S/c21-16-4-2-1-3-14(16)19(26)27-13-7-5-12(6-8-13)11-15-17(22)24-9-10-28-20(24)23-18(15)25/h1-11,22H/b15-11-,22-17?. The van der Waals surface area contributed by atoms with E-state index in [1.54, 1.807) is 35.9 Å². The van der Waals surface area contributed by atoms with Crippen LogP contribution < -0.4 is 4.74 Å². The fourth-order valence-corrected chi connectivity index (χ4v) is 3.32. The molecule has 0 atom stereocenters. The fraction of sp³-hybridized carbons (Fsp3) is 0. The molecule has 0 unspecified atom stereocenters. The van der Waals surface area contributed by atoms with Gasteiger partial charge < -0.3 is 4.74 Å². The molecule has 0 aliphatic carbocycles. The summed E-state index contributed by atoms with van der Waals surface area (Å²) in [7, 11) is 0. The molecule has 0 spiro atoms. The van der Waals surface area contributed by atoms with Crippen LogP contribution in [0.1, 0.15) is 15.9 Å². The van der Waals surface area contributed by atoms with Crippen LogP contribution in [0.15, 0.2) is 70.7 Å². The number of nitrogens with zero attached hydrogens (tertiary/aromatic N) is 2. The van der Waals surface area contributed by atoms with Crippen LogP contribution in [-0.2, 0) is 4.79 Å². The summed E-state index contributed by atoms with van der Waals surface area (Å²) in [6, 6.07) is 11.9. The van der Waals surface area contributed by atoms with Gasteiger partial charge in [0, 0.05) is 6.20 Å². The Morgan fingerprint density at radius 1 is 1.18 bits per heavy atom. The minimum absolute atomic E-state index is 0.0475. The number of nitrogens with one attached hydrogen (secondary N) is 1. The van der Waals surface area contributed by atoms with Crippen molar-refractivity contribution < 1.29 is 18.7 Å². The monoisotopic (exact) mass is 393 g/mol. The van der Waals surface area contributed by atoms with E-state index in [0.29, 0.717) is 10.7 Å². The lowest BCUT2D eigenvalue weighted by atomic mass is 10.1. The molecule has 0 saturated carbocycles. The van der Waals surface area contributed by atoms with Crippen molar-refractivity contribution in [1.29, 1.82) is 5.41 Å². The summed E-state index contributed by atoms with van der Waals surface area (Å²) in [5, 5.41) is 10.4. The van der Waals surface area contributed by atoms with Crippen molar-refractivity contribution in [2.75, 3.05) is 0 Å². The van der Waals surface area contributed by atoms with E-state index in [9.17, 15) is 14.0 Å². The minimum atomic E-state index is -0.798. The minimum Gasteiger partial charge on any atom is -0.423 e. The number of fused-ring (bicyclic) bond motifs is 1. The van der Waals surface area contributed by atoms with E-state index in [2.05, 4.69) is 4.99 Å². The number of carbonyl (C=O) groups excluding carboxylic acids is 2. The van der Waals surface area contributed by atoms with Crippen LogP contribution in [0.5, 0.6) is 5.75 Å². The van der Waals surface area contributed by atoms with Gasteiger partial charge in [-0.15, -0.1) is 0 Å². The topological polar surface area (TPSA) is 82.8 Å². The van der Waals surface area contributed by atoms with Crippen LogP contribution in [0.4, 0.5) is 4.39 Å². The molecule has 0 radical (unpaired) electrons. The van der Waals surface area contributed by atoms with E-state index in [0.717, 1.165) is 0 Å². The van der Waals surface area contributed by atoms with Crippen molar-refractivity contribution in [1.82, 2.24) is 4.90 Å². The van der Waals surface area contributed by atoms with Gasteiger partial charge in [0.1, 0.15) is 17.4 Å². The highest BCUT2D eigenvalue weighted by Crippen LogP contribution is 2.27. The molecule has 2 heterocycles. The van der Waals surface area contributed by atoms with Crippen molar-refractivity contribution in [3.63, 3.8) is 0 Å². The molecular weight excluding hydrogens is 381 g/mol. The lowest BCUT2D eigenvalue weighted by Crippen LogP contribution is -2.35. The molecule has 1 amide bonds. The molecule has 6 nitrogen and oxygen atoms in total. The third-order valence-electron chi connectivity index (χ3n) is 4.01. The summed E-state index contributed by atoms with van der Waals surface area (Å²) in [6.07, 6.45) is 3.22. The molecule has 8 heteroatoms.